The SMILES string of the molecule is CCOC1=CCC=C1OC. The maximum absolute atomic E-state index is 5.27. The Hall–Kier alpha value is -0.920. The second-order valence-electron chi connectivity index (χ2n) is 2.01. The quantitative estimate of drug-likeness (QED) is 0.595. The third kappa shape index (κ3) is 1.32. The lowest BCUT2D eigenvalue weighted by atomic mass is 10.5. The van der Waals surface area contributed by atoms with E-state index in [-0.39, 0.29) is 0 Å². The molecule has 0 fully saturated rings. The standard InChI is InChI=1S/C8H12O2/c1-3-10-8-6-4-5-7(8)9-2/h5-6H,3-4H2,1-2H3. The second kappa shape index (κ2) is 3.30. The van der Waals surface area contributed by atoms with Gasteiger partial charge < -0.3 is 9.47 Å². The van der Waals surface area contributed by atoms with Crippen molar-refractivity contribution in [2.24, 2.45) is 0 Å². The Morgan fingerprint density at radius 1 is 1.40 bits per heavy atom. The Kier molecular flexibility index (Phi) is 2.37. The van der Waals surface area contributed by atoms with Crippen LogP contribution in [-0.2, 0) is 9.47 Å². The maximum atomic E-state index is 5.27. The Balaban J connectivity index is 2.51. The van der Waals surface area contributed by atoms with Crippen LogP contribution >= 0.6 is 0 Å². The summed E-state index contributed by atoms with van der Waals surface area (Å²) in [6.45, 7) is 2.67. The summed E-state index contributed by atoms with van der Waals surface area (Å²) in [6.07, 6.45) is 4.95. The van der Waals surface area contributed by atoms with Gasteiger partial charge in [-0.2, -0.15) is 0 Å². The average Bonchev–Trinajstić information content (AvgIpc) is 2.36. The van der Waals surface area contributed by atoms with E-state index in [1.165, 1.54) is 0 Å². The molecule has 2 nitrogen and oxygen atoms in total. The summed E-state index contributed by atoms with van der Waals surface area (Å²) in [7, 11) is 1.66. The molecule has 0 aromatic carbocycles. The molecule has 0 N–H and O–H groups in total. The molecule has 0 aromatic heterocycles. The molecule has 0 spiro atoms. The lowest BCUT2D eigenvalue weighted by Gasteiger charge is -2.06. The van der Waals surface area contributed by atoms with E-state index in [2.05, 4.69) is 0 Å². The Morgan fingerprint density at radius 2 is 2.10 bits per heavy atom. The van der Waals surface area contributed by atoms with Crippen LogP contribution < -0.4 is 0 Å². The molecule has 0 saturated heterocycles. The zero-order chi connectivity index (χ0) is 7.40. The highest BCUT2D eigenvalue weighted by molar-refractivity contribution is 5.27. The molecule has 1 rings (SSSR count). The molecular weight excluding hydrogens is 128 g/mol. The first-order chi connectivity index (χ1) is 4.88. The van der Waals surface area contributed by atoms with Crippen molar-refractivity contribution in [2.75, 3.05) is 13.7 Å². The topological polar surface area (TPSA) is 18.5 Å². The molecule has 0 amide bonds. The van der Waals surface area contributed by atoms with Crippen molar-refractivity contribution in [3.63, 3.8) is 0 Å². The highest BCUT2D eigenvalue weighted by atomic mass is 16.5. The van der Waals surface area contributed by atoms with E-state index >= 15 is 0 Å². The minimum Gasteiger partial charge on any atom is -0.493 e. The summed E-state index contributed by atoms with van der Waals surface area (Å²) in [5, 5.41) is 0. The van der Waals surface area contributed by atoms with Gasteiger partial charge in [-0.25, -0.2) is 0 Å². The molecule has 0 bridgehead atoms. The van der Waals surface area contributed by atoms with Crippen LogP contribution in [0.5, 0.6) is 0 Å². The molecule has 1 aliphatic carbocycles. The second-order valence-corrected chi connectivity index (χ2v) is 2.01. The minimum absolute atomic E-state index is 0.701. The highest BCUT2D eigenvalue weighted by Gasteiger charge is 2.09. The maximum Gasteiger partial charge on any atom is 0.157 e. The monoisotopic (exact) mass is 140 g/mol. The van der Waals surface area contributed by atoms with Gasteiger partial charge in [-0.1, -0.05) is 0 Å². The summed E-state index contributed by atoms with van der Waals surface area (Å²) in [4.78, 5) is 0. The molecule has 10 heavy (non-hydrogen) atoms. The summed E-state index contributed by atoms with van der Waals surface area (Å²) in [6, 6.07) is 0. The third-order valence-electron chi connectivity index (χ3n) is 1.37. The number of ether oxygens (including phenoxy) is 2. The Morgan fingerprint density at radius 3 is 2.70 bits per heavy atom. The van der Waals surface area contributed by atoms with Gasteiger partial charge >= 0.3 is 0 Å². The van der Waals surface area contributed by atoms with Gasteiger partial charge in [-0.3, -0.25) is 0 Å². The Bertz CT molecular complexity index is 168. The molecule has 0 unspecified atom stereocenters. The van der Waals surface area contributed by atoms with Gasteiger partial charge in [-0.05, 0) is 25.5 Å². The van der Waals surface area contributed by atoms with Crippen molar-refractivity contribution >= 4 is 0 Å². The van der Waals surface area contributed by atoms with E-state index in [4.69, 9.17) is 9.47 Å². The number of hydrogen-bond acceptors (Lipinski definition) is 2. The van der Waals surface area contributed by atoms with Crippen LogP contribution in [0, 0.1) is 0 Å². The fourth-order valence-electron chi connectivity index (χ4n) is 0.944. The molecule has 0 aromatic rings. The molecule has 0 radical (unpaired) electrons. The number of hydrogen-bond donors (Lipinski definition) is 0. The first-order valence-corrected chi connectivity index (χ1v) is 3.46. The molecule has 0 aliphatic heterocycles. The van der Waals surface area contributed by atoms with Gasteiger partial charge in [0.05, 0.1) is 13.7 Å². The van der Waals surface area contributed by atoms with Gasteiger partial charge in [0.2, 0.25) is 0 Å². The summed E-state index contributed by atoms with van der Waals surface area (Å²) in [5.74, 6) is 1.74. The molecule has 0 saturated carbocycles. The van der Waals surface area contributed by atoms with Crippen LogP contribution in [-0.4, -0.2) is 13.7 Å². The smallest absolute Gasteiger partial charge is 0.157 e. The third-order valence-corrected chi connectivity index (χ3v) is 1.37. The van der Waals surface area contributed by atoms with Crippen molar-refractivity contribution < 1.29 is 9.47 Å². The lowest BCUT2D eigenvalue weighted by Crippen LogP contribution is -1.94. The van der Waals surface area contributed by atoms with E-state index in [0.717, 1.165) is 17.9 Å². The number of allylic oxidation sites excluding steroid dienone is 2. The predicted octanol–water partition coefficient (Wildman–Crippen LogP) is 1.84. The Labute approximate surface area is 61.1 Å². The first-order valence-electron chi connectivity index (χ1n) is 3.46. The first kappa shape index (κ1) is 7.19. The number of methoxy groups -OCH3 is 1. The van der Waals surface area contributed by atoms with E-state index < -0.39 is 0 Å². The minimum atomic E-state index is 0.701. The van der Waals surface area contributed by atoms with Crippen LogP contribution in [0.2, 0.25) is 0 Å². The molecule has 0 atom stereocenters. The van der Waals surface area contributed by atoms with Crippen LogP contribution in [0.15, 0.2) is 23.7 Å². The molecule has 1 aliphatic rings. The van der Waals surface area contributed by atoms with Crippen LogP contribution in [0.25, 0.3) is 0 Å². The summed E-state index contributed by atoms with van der Waals surface area (Å²) >= 11 is 0. The van der Waals surface area contributed by atoms with Gasteiger partial charge in [0.1, 0.15) is 0 Å². The van der Waals surface area contributed by atoms with E-state index in [0.29, 0.717) is 6.61 Å². The fraction of sp³-hybridized carbons (Fsp3) is 0.500. The van der Waals surface area contributed by atoms with Crippen LogP contribution in [0.4, 0.5) is 0 Å². The van der Waals surface area contributed by atoms with E-state index in [1.807, 2.05) is 19.1 Å². The summed E-state index contributed by atoms with van der Waals surface area (Å²) < 4.78 is 10.3. The van der Waals surface area contributed by atoms with Crippen molar-refractivity contribution in [1.82, 2.24) is 0 Å². The van der Waals surface area contributed by atoms with Gasteiger partial charge in [-0.15, -0.1) is 0 Å². The summed E-state index contributed by atoms with van der Waals surface area (Å²) in [5.41, 5.74) is 0. The van der Waals surface area contributed by atoms with Crippen molar-refractivity contribution in [3.8, 4) is 0 Å². The van der Waals surface area contributed by atoms with E-state index in [1.54, 1.807) is 7.11 Å². The van der Waals surface area contributed by atoms with E-state index in [9.17, 15) is 0 Å². The lowest BCUT2D eigenvalue weighted by molar-refractivity contribution is 0.189. The molecular formula is C8H12O2. The van der Waals surface area contributed by atoms with Crippen LogP contribution in [0.1, 0.15) is 13.3 Å². The van der Waals surface area contributed by atoms with Gasteiger partial charge in [0.25, 0.3) is 0 Å². The average molecular weight is 140 g/mol. The molecule has 2 heteroatoms. The zero-order valence-corrected chi connectivity index (χ0v) is 6.39. The highest BCUT2D eigenvalue weighted by Crippen LogP contribution is 2.19. The molecule has 56 valence electrons. The fourth-order valence-corrected chi connectivity index (χ4v) is 0.944. The molecule has 0 heterocycles. The van der Waals surface area contributed by atoms with Crippen molar-refractivity contribution in [2.45, 2.75) is 13.3 Å². The van der Waals surface area contributed by atoms with Crippen molar-refractivity contribution in [3.05, 3.63) is 23.7 Å². The zero-order valence-electron chi connectivity index (χ0n) is 6.39. The normalized spacial score (nSPS) is 16.2. The van der Waals surface area contributed by atoms with Crippen molar-refractivity contribution in [1.29, 1.82) is 0 Å². The largest absolute Gasteiger partial charge is 0.493 e. The van der Waals surface area contributed by atoms with Gasteiger partial charge in [0, 0.05) is 0 Å². The number of rotatable bonds is 3. The predicted molar refractivity (Wildman–Crippen MR) is 39.4 cm³/mol. The van der Waals surface area contributed by atoms with Gasteiger partial charge in [0.15, 0.2) is 11.5 Å². The van der Waals surface area contributed by atoms with Crippen LogP contribution in [0.3, 0.4) is 0 Å².